The van der Waals surface area contributed by atoms with E-state index in [4.69, 9.17) is 10.5 Å². The molecule has 1 unspecified atom stereocenters. The van der Waals surface area contributed by atoms with Crippen molar-refractivity contribution in [2.24, 2.45) is 5.73 Å². The van der Waals surface area contributed by atoms with Crippen LogP contribution in [-0.4, -0.2) is 36.6 Å². The Balaban J connectivity index is 2.95. The molecule has 1 aromatic rings. The molecule has 1 atom stereocenters. The number of hydrogen-bond donors (Lipinski definition) is 2. The van der Waals surface area contributed by atoms with Gasteiger partial charge in [0, 0.05) is 12.1 Å². The Bertz CT molecular complexity index is 560. The van der Waals surface area contributed by atoms with Crippen LogP contribution in [0.1, 0.15) is 6.92 Å². The van der Waals surface area contributed by atoms with E-state index in [-0.39, 0.29) is 23.7 Å². The highest BCUT2D eigenvalue weighted by atomic mass is 16.6. The SMILES string of the molecule is CCOC(=O)C(N)C(=O)Nc1cc([N+](=O)[O-])ccc1OC. The minimum absolute atomic E-state index is 0.0384. The smallest absolute Gasteiger partial charge is 0.332 e. The van der Waals surface area contributed by atoms with Crippen molar-refractivity contribution < 1.29 is 24.0 Å². The molecule has 0 heterocycles. The Kier molecular flexibility index (Phi) is 5.61. The van der Waals surface area contributed by atoms with Gasteiger partial charge in [-0.2, -0.15) is 0 Å². The molecular weight excluding hydrogens is 282 g/mol. The summed E-state index contributed by atoms with van der Waals surface area (Å²) in [5.74, 6) is -1.54. The first kappa shape index (κ1) is 16.4. The maximum Gasteiger partial charge on any atom is 0.332 e. The average molecular weight is 297 g/mol. The zero-order valence-corrected chi connectivity index (χ0v) is 11.5. The molecule has 114 valence electrons. The molecule has 0 bridgehead atoms. The van der Waals surface area contributed by atoms with Gasteiger partial charge in [-0.1, -0.05) is 0 Å². The molecule has 1 rings (SSSR count). The van der Waals surface area contributed by atoms with Crippen molar-refractivity contribution in [3.63, 3.8) is 0 Å². The number of carbonyl (C=O) groups excluding carboxylic acids is 2. The van der Waals surface area contributed by atoms with Crippen LogP contribution in [0.15, 0.2) is 18.2 Å². The number of amides is 1. The molecule has 0 spiro atoms. The van der Waals surface area contributed by atoms with Crippen LogP contribution in [0, 0.1) is 10.1 Å². The third-order valence-electron chi connectivity index (χ3n) is 2.47. The summed E-state index contributed by atoms with van der Waals surface area (Å²) in [5.41, 5.74) is 5.22. The lowest BCUT2D eigenvalue weighted by molar-refractivity contribution is -0.384. The van der Waals surface area contributed by atoms with Gasteiger partial charge in [0.1, 0.15) is 5.75 Å². The molecule has 0 aliphatic rings. The molecule has 9 nitrogen and oxygen atoms in total. The summed E-state index contributed by atoms with van der Waals surface area (Å²) in [6.07, 6.45) is 0. The Morgan fingerprint density at radius 3 is 2.67 bits per heavy atom. The molecule has 1 aromatic carbocycles. The van der Waals surface area contributed by atoms with Crippen LogP contribution >= 0.6 is 0 Å². The predicted molar refractivity (Wildman–Crippen MR) is 72.9 cm³/mol. The van der Waals surface area contributed by atoms with Crippen molar-refractivity contribution in [1.82, 2.24) is 0 Å². The van der Waals surface area contributed by atoms with E-state index in [0.717, 1.165) is 6.07 Å². The molecule has 3 N–H and O–H groups in total. The van der Waals surface area contributed by atoms with Crippen molar-refractivity contribution in [2.75, 3.05) is 19.0 Å². The van der Waals surface area contributed by atoms with Gasteiger partial charge < -0.3 is 20.5 Å². The lowest BCUT2D eigenvalue weighted by atomic mass is 10.2. The zero-order valence-electron chi connectivity index (χ0n) is 11.5. The fourth-order valence-electron chi connectivity index (χ4n) is 1.46. The van der Waals surface area contributed by atoms with E-state index in [1.165, 1.54) is 19.2 Å². The first-order valence-corrected chi connectivity index (χ1v) is 5.96. The number of nitrogens with two attached hydrogens (primary N) is 1. The van der Waals surface area contributed by atoms with E-state index in [0.29, 0.717) is 0 Å². The molecule has 9 heteroatoms. The molecule has 0 radical (unpaired) electrons. The number of esters is 1. The quantitative estimate of drug-likeness (QED) is 0.336. The van der Waals surface area contributed by atoms with Gasteiger partial charge in [0.15, 0.2) is 6.04 Å². The Hall–Kier alpha value is -2.68. The molecule has 1 amide bonds. The number of carbonyl (C=O) groups is 2. The molecule has 0 saturated carbocycles. The molecule has 0 aromatic heterocycles. The molecule has 0 aliphatic heterocycles. The van der Waals surface area contributed by atoms with Crippen LogP contribution in [0.5, 0.6) is 5.75 Å². The van der Waals surface area contributed by atoms with Crippen molar-refractivity contribution in [3.05, 3.63) is 28.3 Å². The summed E-state index contributed by atoms with van der Waals surface area (Å²) in [6, 6.07) is 2.12. The minimum atomic E-state index is -1.53. The highest BCUT2D eigenvalue weighted by Crippen LogP contribution is 2.28. The van der Waals surface area contributed by atoms with Crippen molar-refractivity contribution in [1.29, 1.82) is 0 Å². The van der Waals surface area contributed by atoms with Gasteiger partial charge in [0.25, 0.3) is 11.6 Å². The molecule has 0 aliphatic carbocycles. The number of ether oxygens (including phenoxy) is 2. The van der Waals surface area contributed by atoms with E-state index in [2.05, 4.69) is 10.1 Å². The topological polar surface area (TPSA) is 134 Å². The van der Waals surface area contributed by atoms with Gasteiger partial charge in [-0.25, -0.2) is 4.79 Å². The second-order valence-corrected chi connectivity index (χ2v) is 3.86. The highest BCUT2D eigenvalue weighted by molar-refractivity contribution is 6.08. The molecular formula is C12H15N3O6. The first-order valence-electron chi connectivity index (χ1n) is 5.96. The molecule has 21 heavy (non-hydrogen) atoms. The summed E-state index contributed by atoms with van der Waals surface area (Å²) >= 11 is 0. The maximum atomic E-state index is 11.8. The van der Waals surface area contributed by atoms with Crippen LogP contribution in [0.4, 0.5) is 11.4 Å². The number of methoxy groups -OCH3 is 1. The minimum Gasteiger partial charge on any atom is -0.495 e. The normalized spacial score (nSPS) is 11.4. The van der Waals surface area contributed by atoms with E-state index >= 15 is 0 Å². The van der Waals surface area contributed by atoms with Crippen molar-refractivity contribution in [2.45, 2.75) is 13.0 Å². The lowest BCUT2D eigenvalue weighted by Gasteiger charge is -2.13. The Morgan fingerprint density at radius 1 is 1.48 bits per heavy atom. The van der Waals surface area contributed by atoms with Gasteiger partial charge in [0.2, 0.25) is 0 Å². The number of nitro groups is 1. The number of nitrogens with one attached hydrogen (secondary N) is 1. The summed E-state index contributed by atoms with van der Waals surface area (Å²) in [5, 5.41) is 13.0. The van der Waals surface area contributed by atoms with Crippen LogP contribution in [0.3, 0.4) is 0 Å². The Labute approximate surface area is 120 Å². The lowest BCUT2D eigenvalue weighted by Crippen LogP contribution is -2.43. The van der Waals surface area contributed by atoms with Crippen LogP contribution in [-0.2, 0) is 14.3 Å². The zero-order chi connectivity index (χ0) is 16.0. The highest BCUT2D eigenvalue weighted by Gasteiger charge is 2.25. The van der Waals surface area contributed by atoms with Crippen molar-refractivity contribution >= 4 is 23.3 Å². The molecule has 0 fully saturated rings. The summed E-state index contributed by atoms with van der Waals surface area (Å²) in [6.45, 7) is 1.66. The largest absolute Gasteiger partial charge is 0.495 e. The van der Waals surface area contributed by atoms with Crippen molar-refractivity contribution in [3.8, 4) is 5.75 Å². The first-order chi connectivity index (χ1) is 9.90. The number of non-ortho nitro benzene ring substituents is 1. The second-order valence-electron chi connectivity index (χ2n) is 3.86. The number of benzene rings is 1. The molecule has 0 saturated heterocycles. The van der Waals surface area contributed by atoms with Gasteiger partial charge in [-0.05, 0) is 13.0 Å². The Morgan fingerprint density at radius 2 is 2.14 bits per heavy atom. The van der Waals surface area contributed by atoms with Crippen LogP contribution in [0.2, 0.25) is 0 Å². The summed E-state index contributed by atoms with van der Waals surface area (Å²) < 4.78 is 9.59. The predicted octanol–water partition coefficient (Wildman–Crippen LogP) is 0.432. The van der Waals surface area contributed by atoms with E-state index in [1.807, 2.05) is 0 Å². The monoisotopic (exact) mass is 297 g/mol. The summed E-state index contributed by atoms with van der Waals surface area (Å²) in [4.78, 5) is 33.3. The standard InChI is InChI=1S/C12H15N3O6/c1-3-21-12(17)10(13)11(16)14-8-6-7(15(18)19)4-5-9(8)20-2/h4-6,10H,3,13H2,1-2H3,(H,14,16). The van der Waals surface area contributed by atoms with E-state index in [9.17, 15) is 19.7 Å². The van der Waals surface area contributed by atoms with E-state index in [1.54, 1.807) is 6.92 Å². The van der Waals surface area contributed by atoms with E-state index < -0.39 is 22.8 Å². The summed E-state index contributed by atoms with van der Waals surface area (Å²) in [7, 11) is 1.34. The third-order valence-corrected chi connectivity index (χ3v) is 2.47. The number of hydrogen-bond acceptors (Lipinski definition) is 7. The fraction of sp³-hybridized carbons (Fsp3) is 0.333. The van der Waals surface area contributed by atoms with Crippen LogP contribution in [0.25, 0.3) is 0 Å². The fourth-order valence-corrected chi connectivity index (χ4v) is 1.46. The average Bonchev–Trinajstić information content (AvgIpc) is 2.46. The third kappa shape index (κ3) is 4.14. The number of nitro benzene ring substituents is 1. The number of rotatable bonds is 6. The number of nitrogens with zero attached hydrogens (tertiary/aromatic N) is 1. The van der Waals surface area contributed by atoms with Gasteiger partial charge in [0.05, 0.1) is 24.3 Å². The second kappa shape index (κ2) is 7.20. The van der Waals surface area contributed by atoms with Gasteiger partial charge >= 0.3 is 5.97 Å². The number of anilines is 1. The van der Waals surface area contributed by atoms with Crippen LogP contribution < -0.4 is 15.8 Å². The van der Waals surface area contributed by atoms with Gasteiger partial charge in [-0.3, -0.25) is 14.9 Å². The van der Waals surface area contributed by atoms with Gasteiger partial charge in [-0.15, -0.1) is 0 Å². The maximum absolute atomic E-state index is 11.8.